The zero-order chi connectivity index (χ0) is 21.1. The highest BCUT2D eigenvalue weighted by molar-refractivity contribution is 6.09. The fraction of sp³-hybridized carbons (Fsp3) is 0.391. The molecule has 156 valence electrons. The van der Waals surface area contributed by atoms with E-state index < -0.39 is 17.6 Å². The second kappa shape index (κ2) is 8.26. The van der Waals surface area contributed by atoms with Gasteiger partial charge in [-0.25, -0.2) is 4.79 Å². The van der Waals surface area contributed by atoms with Crippen LogP contribution in [0.5, 0.6) is 0 Å². The molecule has 1 aliphatic carbocycles. The van der Waals surface area contributed by atoms with Crippen LogP contribution >= 0.6 is 0 Å². The number of hydrogen-bond acceptors (Lipinski definition) is 4. The third-order valence-electron chi connectivity index (χ3n) is 6.26. The minimum Gasteiger partial charge on any atom is -0.344 e. The summed E-state index contributed by atoms with van der Waals surface area (Å²) < 4.78 is 0. The molecule has 2 heterocycles. The van der Waals surface area contributed by atoms with Crippen LogP contribution in [0.1, 0.15) is 49.3 Å². The van der Waals surface area contributed by atoms with E-state index in [1.165, 1.54) is 0 Å². The molecule has 1 N–H and O–H groups in total. The quantitative estimate of drug-likeness (QED) is 0.774. The lowest BCUT2D eigenvalue weighted by Gasteiger charge is -2.35. The maximum atomic E-state index is 13.1. The van der Waals surface area contributed by atoms with Gasteiger partial charge in [-0.1, -0.05) is 49.6 Å². The number of nitrogens with zero attached hydrogens (tertiary/aromatic N) is 3. The molecule has 1 saturated carbocycles. The summed E-state index contributed by atoms with van der Waals surface area (Å²) in [5.74, 6) is -0.617. The fourth-order valence-corrected chi connectivity index (χ4v) is 4.58. The number of carbonyl (C=O) groups is 3. The molecule has 1 spiro atoms. The van der Waals surface area contributed by atoms with Gasteiger partial charge in [0.25, 0.3) is 5.91 Å². The fourth-order valence-electron chi connectivity index (χ4n) is 4.58. The van der Waals surface area contributed by atoms with Crippen LogP contribution in [-0.4, -0.2) is 51.8 Å². The van der Waals surface area contributed by atoms with Crippen LogP contribution in [0.4, 0.5) is 4.79 Å². The molecule has 1 aromatic carbocycles. The summed E-state index contributed by atoms with van der Waals surface area (Å²) in [5, 5.41) is 2.99. The van der Waals surface area contributed by atoms with Crippen LogP contribution in [0.2, 0.25) is 0 Å². The van der Waals surface area contributed by atoms with E-state index in [1.807, 2.05) is 42.5 Å². The number of carbonyl (C=O) groups excluding carboxylic acids is 3. The number of hydrogen-bond donors (Lipinski definition) is 1. The molecular weight excluding hydrogens is 380 g/mol. The summed E-state index contributed by atoms with van der Waals surface area (Å²) >= 11 is 0. The van der Waals surface area contributed by atoms with E-state index in [9.17, 15) is 14.4 Å². The Bertz CT molecular complexity index is 886. The van der Waals surface area contributed by atoms with E-state index in [1.54, 1.807) is 24.3 Å². The molecule has 2 aliphatic rings. The lowest BCUT2D eigenvalue weighted by molar-refractivity contribution is -0.137. The number of aromatic nitrogens is 1. The number of urea groups is 1. The number of nitrogens with one attached hydrogen (secondary N) is 1. The molecule has 4 rings (SSSR count). The molecule has 0 radical (unpaired) electrons. The van der Waals surface area contributed by atoms with Crippen molar-refractivity contribution < 1.29 is 14.4 Å². The number of benzene rings is 1. The second-order valence-electron chi connectivity index (χ2n) is 8.02. The first kappa shape index (κ1) is 20.1. The number of likely N-dealkylation sites (N-methyl/N-ethyl adjacent to an activating group) is 1. The Balaban J connectivity index is 1.53. The summed E-state index contributed by atoms with van der Waals surface area (Å²) in [5.41, 5.74) is 1.01. The third-order valence-corrected chi connectivity index (χ3v) is 6.26. The minimum atomic E-state index is -0.778. The Morgan fingerprint density at radius 1 is 1.03 bits per heavy atom. The van der Waals surface area contributed by atoms with E-state index >= 15 is 0 Å². The van der Waals surface area contributed by atoms with E-state index in [4.69, 9.17) is 0 Å². The average molecular weight is 406 g/mol. The number of imide groups is 1. The lowest BCUT2D eigenvalue weighted by Crippen LogP contribution is -2.49. The highest BCUT2D eigenvalue weighted by atomic mass is 16.2. The van der Waals surface area contributed by atoms with Crippen molar-refractivity contribution in [1.82, 2.24) is 20.1 Å². The smallest absolute Gasteiger partial charge is 0.327 e. The summed E-state index contributed by atoms with van der Waals surface area (Å²) in [7, 11) is 1.67. The Labute approximate surface area is 176 Å². The summed E-state index contributed by atoms with van der Waals surface area (Å²) in [6.45, 7) is -0.280. The van der Waals surface area contributed by atoms with Crippen LogP contribution in [-0.2, 0) is 9.59 Å². The topological polar surface area (TPSA) is 82.6 Å². The molecule has 4 amide bonds. The van der Waals surface area contributed by atoms with Gasteiger partial charge in [0.1, 0.15) is 12.1 Å². The number of rotatable bonds is 5. The molecule has 7 heteroatoms. The largest absolute Gasteiger partial charge is 0.344 e. The Morgan fingerprint density at radius 2 is 1.67 bits per heavy atom. The van der Waals surface area contributed by atoms with Crippen molar-refractivity contribution >= 4 is 17.8 Å². The van der Waals surface area contributed by atoms with Crippen molar-refractivity contribution in [3.63, 3.8) is 0 Å². The normalized spacial score (nSPS) is 19.2. The molecule has 1 unspecified atom stereocenters. The molecule has 1 saturated heterocycles. The highest BCUT2D eigenvalue weighted by Gasteiger charge is 2.55. The average Bonchev–Trinajstić information content (AvgIpc) is 2.95. The van der Waals surface area contributed by atoms with Crippen LogP contribution in [0, 0.1) is 0 Å². The van der Waals surface area contributed by atoms with Gasteiger partial charge in [0.15, 0.2) is 0 Å². The first-order valence-electron chi connectivity index (χ1n) is 10.4. The Hall–Kier alpha value is -3.22. The summed E-state index contributed by atoms with van der Waals surface area (Å²) in [4.78, 5) is 45.6. The standard InChI is InChI=1S/C23H26N4O3/c1-26-22(30)27(21(29)23(26)12-6-3-7-13-23)16-19(28)25-20(17-8-4-2-5-9-17)18-10-14-24-15-11-18/h2,4-5,8-11,14-15,20H,3,6-7,12-13,16H2,1H3,(H,25,28). The zero-order valence-corrected chi connectivity index (χ0v) is 17.1. The zero-order valence-electron chi connectivity index (χ0n) is 17.1. The molecular formula is C23H26N4O3. The van der Waals surface area contributed by atoms with Gasteiger partial charge in [-0.15, -0.1) is 0 Å². The second-order valence-corrected chi connectivity index (χ2v) is 8.02. The van der Waals surface area contributed by atoms with E-state index in [0.717, 1.165) is 35.3 Å². The molecule has 1 atom stereocenters. The summed E-state index contributed by atoms with van der Waals surface area (Å²) in [6, 6.07) is 12.5. The molecule has 7 nitrogen and oxygen atoms in total. The Kier molecular flexibility index (Phi) is 5.53. The number of amides is 4. The van der Waals surface area contributed by atoms with E-state index in [2.05, 4.69) is 10.3 Å². The van der Waals surface area contributed by atoms with Crippen LogP contribution < -0.4 is 5.32 Å². The van der Waals surface area contributed by atoms with Gasteiger partial charge in [-0.2, -0.15) is 0 Å². The number of pyridine rings is 1. The van der Waals surface area contributed by atoms with Crippen molar-refractivity contribution in [1.29, 1.82) is 0 Å². The van der Waals surface area contributed by atoms with E-state index in [-0.39, 0.29) is 18.4 Å². The van der Waals surface area contributed by atoms with Crippen LogP contribution in [0.3, 0.4) is 0 Å². The van der Waals surface area contributed by atoms with Gasteiger partial charge < -0.3 is 10.2 Å². The highest BCUT2D eigenvalue weighted by Crippen LogP contribution is 2.39. The van der Waals surface area contributed by atoms with Crippen LogP contribution in [0.15, 0.2) is 54.9 Å². The molecule has 1 aromatic heterocycles. The van der Waals surface area contributed by atoms with Gasteiger partial charge in [0, 0.05) is 19.4 Å². The van der Waals surface area contributed by atoms with Crippen LogP contribution in [0.25, 0.3) is 0 Å². The minimum absolute atomic E-state index is 0.245. The van der Waals surface area contributed by atoms with Gasteiger partial charge >= 0.3 is 6.03 Å². The maximum Gasteiger partial charge on any atom is 0.327 e. The molecule has 1 aliphatic heterocycles. The SMILES string of the molecule is CN1C(=O)N(CC(=O)NC(c2ccccc2)c2ccncc2)C(=O)C12CCCCC2. The monoisotopic (exact) mass is 406 g/mol. The molecule has 0 bridgehead atoms. The molecule has 30 heavy (non-hydrogen) atoms. The van der Waals surface area contributed by atoms with Gasteiger partial charge in [-0.05, 0) is 36.1 Å². The van der Waals surface area contributed by atoms with Crippen molar-refractivity contribution in [3.8, 4) is 0 Å². The Morgan fingerprint density at radius 3 is 2.33 bits per heavy atom. The first-order chi connectivity index (χ1) is 14.5. The lowest BCUT2D eigenvalue weighted by atomic mass is 9.81. The molecule has 2 aromatic rings. The third kappa shape index (κ3) is 3.56. The van der Waals surface area contributed by atoms with Crippen molar-refractivity contribution in [2.24, 2.45) is 0 Å². The maximum absolute atomic E-state index is 13.1. The van der Waals surface area contributed by atoms with Gasteiger partial charge in [0.05, 0.1) is 6.04 Å². The van der Waals surface area contributed by atoms with E-state index in [0.29, 0.717) is 12.8 Å². The van der Waals surface area contributed by atoms with Gasteiger partial charge in [0.2, 0.25) is 5.91 Å². The van der Waals surface area contributed by atoms with Crippen molar-refractivity contribution in [3.05, 3.63) is 66.0 Å². The predicted octanol–water partition coefficient (Wildman–Crippen LogP) is 2.88. The van der Waals surface area contributed by atoms with Crippen molar-refractivity contribution in [2.45, 2.75) is 43.7 Å². The van der Waals surface area contributed by atoms with Gasteiger partial charge in [-0.3, -0.25) is 19.5 Å². The summed E-state index contributed by atoms with van der Waals surface area (Å²) in [6.07, 6.45) is 7.58. The predicted molar refractivity (Wildman–Crippen MR) is 111 cm³/mol. The van der Waals surface area contributed by atoms with Crippen molar-refractivity contribution in [2.75, 3.05) is 13.6 Å². The first-order valence-corrected chi connectivity index (χ1v) is 10.4. The molecule has 2 fully saturated rings.